The van der Waals surface area contributed by atoms with Crippen LogP contribution in [0.15, 0.2) is 29.5 Å². The Morgan fingerprint density at radius 1 is 1.17 bits per heavy atom. The fourth-order valence-electron chi connectivity index (χ4n) is 0.691. The van der Waals surface area contributed by atoms with Crippen molar-refractivity contribution in [3.05, 3.63) is 35.5 Å². The molecule has 1 radical (unpaired) electrons. The van der Waals surface area contributed by atoms with E-state index in [9.17, 15) is 9.59 Å². The van der Waals surface area contributed by atoms with Gasteiger partial charge < -0.3 is 10.2 Å². The van der Waals surface area contributed by atoms with Gasteiger partial charge in [0, 0.05) is 0 Å². The van der Waals surface area contributed by atoms with Crippen LogP contribution in [0.1, 0.15) is 0 Å². The van der Waals surface area contributed by atoms with Gasteiger partial charge in [0.05, 0.1) is 0 Å². The van der Waals surface area contributed by atoms with Gasteiger partial charge in [-0.3, -0.25) is 4.79 Å². The first-order valence-electron chi connectivity index (χ1n) is 3.09. The second-order valence-electron chi connectivity index (χ2n) is 2.10. The predicted octanol–water partition coefficient (Wildman–Crippen LogP) is 0.381. The molecule has 0 saturated carbocycles. The Morgan fingerprint density at radius 3 is 2.17 bits per heavy atom. The lowest BCUT2D eigenvalue weighted by Crippen LogP contribution is -2.08. The molecular formula is C8H5O4. The molecule has 0 aliphatic heterocycles. The molecule has 0 unspecified atom stereocenters. The van der Waals surface area contributed by atoms with Gasteiger partial charge in [-0.25, -0.2) is 4.79 Å². The molecule has 0 spiro atoms. The van der Waals surface area contributed by atoms with E-state index in [1.165, 1.54) is 12.2 Å². The summed E-state index contributed by atoms with van der Waals surface area (Å²) < 4.78 is 0. The number of aliphatic carboxylic acids is 2. The number of rotatable bonds is 2. The van der Waals surface area contributed by atoms with E-state index in [1.807, 2.05) is 0 Å². The van der Waals surface area contributed by atoms with E-state index in [0.717, 1.165) is 6.08 Å². The maximum Gasteiger partial charge on any atom is 0.343 e. The van der Waals surface area contributed by atoms with Gasteiger partial charge in [0.2, 0.25) is 0 Å². The van der Waals surface area contributed by atoms with Gasteiger partial charge in [-0.05, 0) is 12.2 Å². The molecule has 4 heteroatoms. The van der Waals surface area contributed by atoms with Crippen LogP contribution in [-0.2, 0) is 9.59 Å². The molecule has 0 aromatic heterocycles. The van der Waals surface area contributed by atoms with E-state index < -0.39 is 11.9 Å². The van der Waals surface area contributed by atoms with Crippen LogP contribution >= 0.6 is 0 Å². The number of carboxylic acid groups (broad SMARTS) is 2. The van der Waals surface area contributed by atoms with Crippen molar-refractivity contribution in [2.24, 2.45) is 0 Å². The highest BCUT2D eigenvalue weighted by Gasteiger charge is 2.15. The Balaban J connectivity index is 2.91. The third-order valence-electron chi connectivity index (χ3n) is 1.29. The van der Waals surface area contributed by atoms with Crippen LogP contribution in [0.4, 0.5) is 0 Å². The lowest BCUT2D eigenvalue weighted by molar-refractivity contribution is -0.134. The smallest absolute Gasteiger partial charge is 0.343 e. The average Bonchev–Trinajstić information content (AvgIpc) is 2.04. The second kappa shape index (κ2) is 3.07. The highest BCUT2D eigenvalue weighted by molar-refractivity contribution is 5.94. The van der Waals surface area contributed by atoms with Gasteiger partial charge >= 0.3 is 11.9 Å². The summed E-state index contributed by atoms with van der Waals surface area (Å²) in [4.78, 5) is 20.6. The first-order chi connectivity index (χ1) is 5.61. The van der Waals surface area contributed by atoms with Crippen LogP contribution in [0, 0.1) is 5.92 Å². The van der Waals surface area contributed by atoms with Gasteiger partial charge in [-0.1, -0.05) is 6.08 Å². The Bertz CT molecular complexity index is 318. The van der Waals surface area contributed by atoms with Crippen molar-refractivity contribution in [3.8, 4) is 0 Å². The quantitative estimate of drug-likeness (QED) is 0.580. The van der Waals surface area contributed by atoms with Crippen molar-refractivity contribution in [1.82, 2.24) is 0 Å². The monoisotopic (exact) mass is 165 g/mol. The van der Waals surface area contributed by atoms with Crippen molar-refractivity contribution >= 4 is 11.9 Å². The molecule has 1 aliphatic rings. The lowest BCUT2D eigenvalue weighted by Gasteiger charge is -2.01. The summed E-state index contributed by atoms with van der Waals surface area (Å²) in [7, 11) is 0. The van der Waals surface area contributed by atoms with Crippen LogP contribution in [0.2, 0.25) is 0 Å². The van der Waals surface area contributed by atoms with Crippen LogP contribution in [-0.4, -0.2) is 22.2 Å². The van der Waals surface area contributed by atoms with Crippen molar-refractivity contribution in [2.45, 2.75) is 0 Å². The van der Waals surface area contributed by atoms with Crippen molar-refractivity contribution in [1.29, 1.82) is 0 Å². The van der Waals surface area contributed by atoms with Gasteiger partial charge in [-0.15, -0.1) is 5.73 Å². The van der Waals surface area contributed by atoms with Crippen molar-refractivity contribution in [3.63, 3.8) is 0 Å². The molecule has 61 valence electrons. The molecule has 1 rings (SSSR count). The first-order valence-corrected chi connectivity index (χ1v) is 3.09. The van der Waals surface area contributed by atoms with E-state index >= 15 is 0 Å². The molecule has 0 saturated heterocycles. The molecular weight excluding hydrogens is 160 g/mol. The van der Waals surface area contributed by atoms with E-state index in [0.29, 0.717) is 0 Å². The summed E-state index contributed by atoms with van der Waals surface area (Å²) in [5.41, 5.74) is 2.30. The summed E-state index contributed by atoms with van der Waals surface area (Å²) in [5.74, 6) is -2.19. The summed E-state index contributed by atoms with van der Waals surface area (Å²) in [5, 5.41) is 16.9. The van der Waals surface area contributed by atoms with Crippen LogP contribution in [0.5, 0.6) is 0 Å². The molecule has 0 fully saturated rings. The zero-order valence-electron chi connectivity index (χ0n) is 5.94. The minimum absolute atomic E-state index is 0.0278. The average molecular weight is 165 g/mol. The summed E-state index contributed by atoms with van der Waals surface area (Å²) >= 11 is 0. The van der Waals surface area contributed by atoms with Gasteiger partial charge in [-0.2, -0.15) is 0 Å². The summed E-state index contributed by atoms with van der Waals surface area (Å²) in [6.07, 6.45) is 3.56. The minimum Gasteiger partial charge on any atom is -0.480 e. The summed E-state index contributed by atoms with van der Waals surface area (Å²) in [6.45, 7) is 0. The first kappa shape index (κ1) is 8.30. The molecule has 12 heavy (non-hydrogen) atoms. The lowest BCUT2D eigenvalue weighted by atomic mass is 10.0. The molecule has 0 heterocycles. The second-order valence-corrected chi connectivity index (χ2v) is 2.10. The highest BCUT2D eigenvalue weighted by atomic mass is 16.4. The molecule has 1 aliphatic carbocycles. The maximum atomic E-state index is 10.3. The zero-order valence-corrected chi connectivity index (χ0v) is 5.94. The molecule has 0 atom stereocenters. The molecule has 4 nitrogen and oxygen atoms in total. The highest BCUT2D eigenvalue weighted by Crippen LogP contribution is 2.11. The number of carbonyl (C=O) groups is 2. The molecule has 0 aromatic rings. The van der Waals surface area contributed by atoms with Gasteiger partial charge in [0.15, 0.2) is 0 Å². The number of hydrogen-bond donors (Lipinski definition) is 2. The minimum atomic E-state index is -1.12. The van der Waals surface area contributed by atoms with Crippen molar-refractivity contribution in [2.75, 3.05) is 0 Å². The van der Waals surface area contributed by atoms with E-state index in [2.05, 4.69) is 5.73 Å². The van der Waals surface area contributed by atoms with Crippen LogP contribution < -0.4 is 0 Å². The summed E-state index contributed by atoms with van der Waals surface area (Å²) in [6, 6.07) is 0. The standard InChI is InChI=1S/C8H5O4/c9-7(10)5-1-2-6(4-3-5)8(11)12/h1-3H,(H,9,10)(H,11,12). The van der Waals surface area contributed by atoms with Crippen LogP contribution in [0.25, 0.3) is 0 Å². The van der Waals surface area contributed by atoms with Crippen LogP contribution in [0.3, 0.4) is 0 Å². The fraction of sp³-hybridized carbons (Fsp3) is 0. The third-order valence-corrected chi connectivity index (χ3v) is 1.29. The van der Waals surface area contributed by atoms with Crippen molar-refractivity contribution < 1.29 is 19.8 Å². The SMILES string of the molecule is O=C(O)[C]1C=C=C(C(=O)O)C=C1. The predicted molar refractivity (Wildman–Crippen MR) is 39.3 cm³/mol. The fourth-order valence-corrected chi connectivity index (χ4v) is 0.691. The third kappa shape index (κ3) is 1.62. The zero-order chi connectivity index (χ0) is 9.14. The molecule has 0 aromatic carbocycles. The largest absolute Gasteiger partial charge is 0.480 e. The number of hydrogen-bond acceptors (Lipinski definition) is 2. The molecule has 0 bridgehead atoms. The number of carboxylic acids is 2. The normalized spacial score (nSPS) is 15.8. The Hall–Kier alpha value is -1.80. The Labute approximate surface area is 68.1 Å². The van der Waals surface area contributed by atoms with Gasteiger partial charge in [0.1, 0.15) is 11.5 Å². The molecule has 2 N–H and O–H groups in total. The van der Waals surface area contributed by atoms with E-state index in [1.54, 1.807) is 0 Å². The van der Waals surface area contributed by atoms with E-state index in [4.69, 9.17) is 10.2 Å². The maximum absolute atomic E-state index is 10.3. The Morgan fingerprint density at radius 2 is 1.83 bits per heavy atom. The topological polar surface area (TPSA) is 74.6 Å². The van der Waals surface area contributed by atoms with E-state index in [-0.39, 0.29) is 11.5 Å². The Kier molecular flexibility index (Phi) is 2.12. The van der Waals surface area contributed by atoms with Gasteiger partial charge in [0.25, 0.3) is 0 Å². The molecule has 0 amide bonds.